The number of rotatable bonds is 3. The first kappa shape index (κ1) is 16.0. The first-order valence-corrected chi connectivity index (χ1v) is 5.56. The Hall–Kier alpha value is -1.04. The number of aliphatic hydroxyl groups is 1. The average molecular weight is 252 g/mol. The number of alkyl halides is 3. The third-order valence-corrected chi connectivity index (χ3v) is 2.02. The van der Waals surface area contributed by atoms with Gasteiger partial charge in [-0.25, -0.2) is 0 Å². The van der Waals surface area contributed by atoms with Gasteiger partial charge in [0.1, 0.15) is 0 Å². The Balaban J connectivity index is 0.00000121. The van der Waals surface area contributed by atoms with E-state index in [1.54, 1.807) is 6.92 Å². The van der Waals surface area contributed by atoms with Gasteiger partial charge in [-0.3, -0.25) is 4.68 Å². The zero-order valence-corrected chi connectivity index (χ0v) is 10.5. The van der Waals surface area contributed by atoms with Crippen LogP contribution in [0.15, 0.2) is 6.20 Å². The third kappa shape index (κ3) is 4.77. The van der Waals surface area contributed by atoms with Crippen LogP contribution < -0.4 is 0 Å². The van der Waals surface area contributed by atoms with Crippen molar-refractivity contribution in [2.45, 2.75) is 40.4 Å². The normalized spacial score (nSPS) is 12.9. The van der Waals surface area contributed by atoms with Crippen LogP contribution in [-0.2, 0) is 12.7 Å². The second kappa shape index (κ2) is 6.64. The molecule has 1 aromatic heterocycles. The summed E-state index contributed by atoms with van der Waals surface area (Å²) >= 11 is 0. The van der Waals surface area contributed by atoms with Gasteiger partial charge in [-0.2, -0.15) is 18.3 Å². The molecule has 1 aromatic rings. The molecule has 17 heavy (non-hydrogen) atoms. The van der Waals surface area contributed by atoms with Crippen LogP contribution in [-0.4, -0.2) is 21.5 Å². The van der Waals surface area contributed by atoms with Crippen LogP contribution in [0.25, 0.3) is 0 Å². The van der Waals surface area contributed by atoms with Gasteiger partial charge in [-0.1, -0.05) is 20.8 Å². The maximum Gasteiger partial charge on any atom is 0.435 e. The molecular weight excluding hydrogens is 233 g/mol. The van der Waals surface area contributed by atoms with Crippen LogP contribution in [0.1, 0.15) is 32.0 Å². The van der Waals surface area contributed by atoms with E-state index < -0.39 is 11.9 Å². The highest BCUT2D eigenvalue weighted by Gasteiger charge is 2.35. The fourth-order valence-electron chi connectivity index (χ4n) is 1.27. The number of hydrogen-bond acceptors (Lipinski definition) is 2. The fraction of sp³-hybridized carbons (Fsp3) is 0.727. The largest absolute Gasteiger partial charge is 0.435 e. The molecule has 0 radical (unpaired) electrons. The van der Waals surface area contributed by atoms with Gasteiger partial charge in [0.15, 0.2) is 5.69 Å². The third-order valence-electron chi connectivity index (χ3n) is 2.02. The highest BCUT2D eigenvalue weighted by molar-refractivity contribution is 5.17. The predicted octanol–water partition coefficient (Wildman–Crippen LogP) is 2.86. The standard InChI is InChI=1S/C9H13F3N2O.C2H6/c1-6(5-15)3-14-4-7(2)8(13-14)9(10,11)12;1-2/h4,6,15H,3,5H2,1-2H3;1-2H3. The van der Waals surface area contributed by atoms with Gasteiger partial charge in [0.2, 0.25) is 0 Å². The maximum atomic E-state index is 12.4. The molecule has 3 nitrogen and oxygen atoms in total. The Morgan fingerprint density at radius 3 is 2.29 bits per heavy atom. The van der Waals surface area contributed by atoms with E-state index in [2.05, 4.69) is 5.10 Å². The van der Waals surface area contributed by atoms with Gasteiger partial charge in [0.25, 0.3) is 0 Å². The van der Waals surface area contributed by atoms with Crippen molar-refractivity contribution in [3.8, 4) is 0 Å². The van der Waals surface area contributed by atoms with Crippen LogP contribution in [0.4, 0.5) is 13.2 Å². The quantitative estimate of drug-likeness (QED) is 0.898. The lowest BCUT2D eigenvalue weighted by Crippen LogP contribution is -2.13. The molecule has 0 aliphatic heterocycles. The smallest absolute Gasteiger partial charge is 0.396 e. The van der Waals surface area contributed by atoms with Crippen molar-refractivity contribution in [2.75, 3.05) is 6.61 Å². The van der Waals surface area contributed by atoms with Crippen LogP contribution in [0.2, 0.25) is 0 Å². The number of nitrogens with zero attached hydrogens (tertiary/aromatic N) is 2. The van der Waals surface area contributed by atoms with Crippen molar-refractivity contribution in [1.29, 1.82) is 0 Å². The van der Waals surface area contributed by atoms with Crippen molar-refractivity contribution < 1.29 is 18.3 Å². The highest BCUT2D eigenvalue weighted by Crippen LogP contribution is 2.30. The van der Waals surface area contributed by atoms with Gasteiger partial charge < -0.3 is 5.11 Å². The SMILES string of the molecule is CC.Cc1cn(CC(C)CO)nc1C(F)(F)F. The predicted molar refractivity (Wildman–Crippen MR) is 59.6 cm³/mol. The van der Waals surface area contributed by atoms with E-state index in [-0.39, 0.29) is 24.6 Å². The van der Waals surface area contributed by atoms with Gasteiger partial charge in [-0.15, -0.1) is 0 Å². The first-order chi connectivity index (χ1) is 7.84. The molecule has 1 N–H and O–H groups in total. The molecule has 0 aromatic carbocycles. The monoisotopic (exact) mass is 252 g/mol. The molecule has 0 bridgehead atoms. The van der Waals surface area contributed by atoms with Gasteiger partial charge in [-0.05, 0) is 18.4 Å². The Morgan fingerprint density at radius 2 is 1.94 bits per heavy atom. The minimum Gasteiger partial charge on any atom is -0.396 e. The summed E-state index contributed by atoms with van der Waals surface area (Å²) in [4.78, 5) is 0. The summed E-state index contributed by atoms with van der Waals surface area (Å²) in [5, 5.41) is 12.2. The molecule has 6 heteroatoms. The Bertz CT molecular complexity index is 334. The fourth-order valence-corrected chi connectivity index (χ4v) is 1.27. The second-order valence-corrected chi connectivity index (χ2v) is 3.67. The lowest BCUT2D eigenvalue weighted by Gasteiger charge is -2.07. The Kier molecular flexibility index (Phi) is 6.23. The molecule has 1 heterocycles. The molecule has 100 valence electrons. The van der Waals surface area contributed by atoms with Gasteiger partial charge in [0, 0.05) is 19.3 Å². The first-order valence-electron chi connectivity index (χ1n) is 5.56. The Morgan fingerprint density at radius 1 is 1.41 bits per heavy atom. The average Bonchev–Trinajstić information content (AvgIpc) is 2.62. The summed E-state index contributed by atoms with van der Waals surface area (Å²) in [6.07, 6.45) is -3.06. The van der Waals surface area contributed by atoms with Crippen LogP contribution >= 0.6 is 0 Å². The van der Waals surface area contributed by atoms with Crippen LogP contribution in [0, 0.1) is 12.8 Å². The van der Waals surface area contributed by atoms with Gasteiger partial charge in [0.05, 0.1) is 0 Å². The molecule has 0 amide bonds. The topological polar surface area (TPSA) is 38.0 Å². The van der Waals surface area contributed by atoms with Gasteiger partial charge >= 0.3 is 6.18 Å². The minimum atomic E-state index is -4.40. The summed E-state index contributed by atoms with van der Waals surface area (Å²) in [5.74, 6) is -0.106. The van der Waals surface area contributed by atoms with Crippen molar-refractivity contribution in [2.24, 2.45) is 5.92 Å². The van der Waals surface area contributed by atoms with E-state index >= 15 is 0 Å². The van der Waals surface area contributed by atoms with E-state index in [4.69, 9.17) is 5.11 Å². The van der Waals surface area contributed by atoms with E-state index in [1.807, 2.05) is 13.8 Å². The molecule has 0 fully saturated rings. The summed E-state index contributed by atoms with van der Waals surface area (Å²) in [6, 6.07) is 0. The lowest BCUT2D eigenvalue weighted by atomic mass is 10.2. The number of aromatic nitrogens is 2. The number of hydrogen-bond donors (Lipinski definition) is 1. The lowest BCUT2D eigenvalue weighted by molar-refractivity contribution is -0.142. The second-order valence-electron chi connectivity index (χ2n) is 3.67. The summed E-state index contributed by atoms with van der Waals surface area (Å²) in [5.41, 5.74) is -0.750. The molecule has 0 spiro atoms. The van der Waals surface area contributed by atoms with Crippen molar-refractivity contribution in [3.63, 3.8) is 0 Å². The number of aryl methyl sites for hydroxylation is 1. The van der Waals surface area contributed by atoms with Crippen molar-refractivity contribution in [1.82, 2.24) is 9.78 Å². The summed E-state index contributed by atoms with van der Waals surface area (Å²) in [6.45, 7) is 7.33. The highest BCUT2D eigenvalue weighted by atomic mass is 19.4. The van der Waals surface area contributed by atoms with Crippen LogP contribution in [0.5, 0.6) is 0 Å². The molecule has 0 aliphatic carbocycles. The maximum absolute atomic E-state index is 12.4. The van der Waals surface area contributed by atoms with Crippen LogP contribution in [0.3, 0.4) is 0 Å². The van der Waals surface area contributed by atoms with E-state index in [9.17, 15) is 13.2 Å². The summed E-state index contributed by atoms with van der Waals surface area (Å²) in [7, 11) is 0. The molecule has 0 saturated carbocycles. The molecule has 1 unspecified atom stereocenters. The minimum absolute atomic E-state index is 0.0692. The van der Waals surface area contributed by atoms with Crippen molar-refractivity contribution in [3.05, 3.63) is 17.5 Å². The molecule has 1 atom stereocenters. The zero-order chi connectivity index (χ0) is 13.6. The molecular formula is C11H19F3N2O. The number of halogens is 3. The molecule has 0 saturated heterocycles. The molecule has 0 aliphatic rings. The zero-order valence-electron chi connectivity index (χ0n) is 10.5. The van der Waals surface area contributed by atoms with E-state index in [0.717, 1.165) is 0 Å². The molecule has 1 rings (SSSR count). The summed E-state index contributed by atoms with van der Waals surface area (Å²) < 4.78 is 38.3. The number of aliphatic hydroxyl groups excluding tert-OH is 1. The van der Waals surface area contributed by atoms with Crippen molar-refractivity contribution >= 4 is 0 Å². The van der Waals surface area contributed by atoms with E-state index in [1.165, 1.54) is 17.8 Å². The Labute approximate surface area is 99.3 Å². The van der Waals surface area contributed by atoms with E-state index in [0.29, 0.717) is 0 Å².